The minimum absolute atomic E-state index is 0. The molecule has 0 bridgehead atoms. The lowest BCUT2D eigenvalue weighted by molar-refractivity contribution is -0.142. The van der Waals surface area contributed by atoms with Gasteiger partial charge >= 0.3 is 0 Å². The third kappa shape index (κ3) is 7.49. The Hall–Kier alpha value is -0.660. The first-order valence-corrected chi connectivity index (χ1v) is 12.5. The number of piperazine rings is 1. The second-order valence-electron chi connectivity index (χ2n) is 8.01. The maximum Gasteiger partial charge on any atom is 0.251 e. The molecule has 1 amide bonds. The molecule has 174 valence electrons. The average molecular weight is 557 g/mol. The molecule has 1 aliphatic carbocycles. The van der Waals surface area contributed by atoms with E-state index in [-0.39, 0.29) is 48.3 Å². The van der Waals surface area contributed by atoms with E-state index in [9.17, 15) is 13.2 Å². The number of sulfonamides is 1. The predicted molar refractivity (Wildman–Crippen MR) is 128 cm³/mol. The number of aliphatic imine (C=N–C) groups is 1. The normalized spacial score (nSPS) is 23.1. The van der Waals surface area contributed by atoms with Crippen LogP contribution in [0.3, 0.4) is 0 Å². The Morgan fingerprint density at radius 3 is 2.37 bits per heavy atom. The molecular weight excluding hydrogens is 521 g/mol. The van der Waals surface area contributed by atoms with Gasteiger partial charge in [0.05, 0.1) is 12.3 Å². The largest absolute Gasteiger partial charge is 0.368 e. The van der Waals surface area contributed by atoms with Crippen molar-refractivity contribution in [2.75, 3.05) is 58.2 Å². The van der Waals surface area contributed by atoms with Crippen LogP contribution in [0.4, 0.5) is 0 Å². The number of carbonyl (C=O) groups excluding carboxylic acids is 1. The van der Waals surface area contributed by atoms with Crippen molar-refractivity contribution in [3.05, 3.63) is 0 Å². The number of ether oxygens (including phenoxy) is 1. The van der Waals surface area contributed by atoms with Gasteiger partial charge in [-0.3, -0.25) is 9.79 Å². The van der Waals surface area contributed by atoms with E-state index < -0.39 is 10.0 Å². The van der Waals surface area contributed by atoms with E-state index in [1.807, 2.05) is 11.8 Å². The first kappa shape index (κ1) is 25.6. The summed E-state index contributed by atoms with van der Waals surface area (Å²) >= 11 is 0. The van der Waals surface area contributed by atoms with Crippen LogP contribution in [0.15, 0.2) is 4.99 Å². The Balaban J connectivity index is 0.00000320. The average Bonchev–Trinajstić information content (AvgIpc) is 3.20. The summed E-state index contributed by atoms with van der Waals surface area (Å²) in [5.41, 5.74) is 0. The van der Waals surface area contributed by atoms with Crippen LogP contribution < -0.4 is 10.0 Å². The maximum absolute atomic E-state index is 12.5. The highest BCUT2D eigenvalue weighted by Gasteiger charge is 2.31. The smallest absolute Gasteiger partial charge is 0.251 e. The summed E-state index contributed by atoms with van der Waals surface area (Å²) < 4.78 is 32.5. The van der Waals surface area contributed by atoms with Crippen molar-refractivity contribution >= 4 is 45.9 Å². The molecule has 1 atom stereocenters. The predicted octanol–water partition coefficient (Wildman–Crippen LogP) is 0.613. The standard InChI is InChI=1S/C19H35N5O4S.HI/c1-2-20-19(21-8-14-29(26,27)22-15-16-5-3-6-16)24-11-9-23(10-12-24)18(25)17-7-4-13-28-17;/h16-17,22H,2-15H2,1H3,(H,20,21);1H. The van der Waals surface area contributed by atoms with E-state index in [1.165, 1.54) is 6.42 Å². The zero-order valence-corrected chi connectivity index (χ0v) is 21.0. The first-order valence-electron chi connectivity index (χ1n) is 10.9. The van der Waals surface area contributed by atoms with Crippen molar-refractivity contribution in [1.82, 2.24) is 19.8 Å². The number of nitrogens with one attached hydrogen (secondary N) is 2. The highest BCUT2D eigenvalue weighted by Crippen LogP contribution is 2.25. The van der Waals surface area contributed by atoms with Gasteiger partial charge in [0.2, 0.25) is 10.0 Å². The van der Waals surface area contributed by atoms with E-state index in [1.54, 1.807) is 0 Å². The topological polar surface area (TPSA) is 103 Å². The van der Waals surface area contributed by atoms with E-state index in [0.29, 0.717) is 57.8 Å². The van der Waals surface area contributed by atoms with Gasteiger partial charge in [0.15, 0.2) is 5.96 Å². The molecule has 0 aromatic carbocycles. The van der Waals surface area contributed by atoms with Crippen molar-refractivity contribution < 1.29 is 17.9 Å². The Bertz CT molecular complexity index is 672. The molecule has 9 nitrogen and oxygen atoms in total. The summed E-state index contributed by atoms with van der Waals surface area (Å²) in [7, 11) is -3.29. The van der Waals surface area contributed by atoms with Crippen LogP contribution in [0.1, 0.15) is 39.0 Å². The zero-order chi connectivity index (χ0) is 20.7. The van der Waals surface area contributed by atoms with Crippen LogP contribution in [0, 0.1) is 5.92 Å². The maximum atomic E-state index is 12.5. The Morgan fingerprint density at radius 1 is 1.10 bits per heavy atom. The number of hydrogen-bond donors (Lipinski definition) is 2. The number of nitrogens with zero attached hydrogens (tertiary/aromatic N) is 3. The third-order valence-corrected chi connectivity index (χ3v) is 7.20. The Labute approximate surface area is 197 Å². The fraction of sp³-hybridized carbons (Fsp3) is 0.895. The monoisotopic (exact) mass is 557 g/mol. The molecule has 11 heteroatoms. The van der Waals surface area contributed by atoms with Crippen LogP contribution in [0.25, 0.3) is 0 Å². The Kier molecular flexibility index (Phi) is 10.6. The lowest BCUT2D eigenvalue weighted by atomic mass is 9.86. The van der Waals surface area contributed by atoms with E-state index >= 15 is 0 Å². The number of halogens is 1. The molecule has 3 rings (SSSR count). The van der Waals surface area contributed by atoms with Crippen LogP contribution in [0.2, 0.25) is 0 Å². The molecule has 0 radical (unpaired) electrons. The van der Waals surface area contributed by atoms with Gasteiger partial charge < -0.3 is 19.9 Å². The van der Waals surface area contributed by atoms with Gasteiger partial charge in [0.25, 0.3) is 5.91 Å². The summed E-state index contributed by atoms with van der Waals surface area (Å²) in [5.74, 6) is 1.30. The lowest BCUT2D eigenvalue weighted by Gasteiger charge is -2.37. The molecule has 1 unspecified atom stereocenters. The van der Waals surface area contributed by atoms with E-state index in [2.05, 4.69) is 19.9 Å². The second-order valence-corrected chi connectivity index (χ2v) is 9.94. The Morgan fingerprint density at radius 2 is 1.80 bits per heavy atom. The first-order chi connectivity index (χ1) is 14.0. The van der Waals surface area contributed by atoms with Crippen molar-refractivity contribution in [2.45, 2.75) is 45.1 Å². The molecular formula is C19H36IN5O4S. The highest BCUT2D eigenvalue weighted by molar-refractivity contribution is 14.0. The van der Waals surface area contributed by atoms with Gasteiger partial charge in [-0.15, -0.1) is 24.0 Å². The summed E-state index contributed by atoms with van der Waals surface area (Å²) in [6.45, 7) is 6.75. The summed E-state index contributed by atoms with van der Waals surface area (Å²) in [6.07, 6.45) is 4.92. The molecule has 0 aromatic rings. The number of carbonyl (C=O) groups is 1. The summed E-state index contributed by atoms with van der Waals surface area (Å²) in [6, 6.07) is 0. The van der Waals surface area contributed by atoms with Crippen LogP contribution in [-0.4, -0.2) is 94.4 Å². The van der Waals surface area contributed by atoms with Gasteiger partial charge in [-0.2, -0.15) is 0 Å². The fourth-order valence-corrected chi connectivity index (χ4v) is 4.79. The molecule has 3 fully saturated rings. The minimum atomic E-state index is -3.29. The highest BCUT2D eigenvalue weighted by atomic mass is 127. The number of rotatable bonds is 8. The zero-order valence-electron chi connectivity index (χ0n) is 17.8. The molecule has 2 heterocycles. The molecule has 1 saturated carbocycles. The van der Waals surface area contributed by atoms with Gasteiger partial charge in [0, 0.05) is 45.9 Å². The molecule has 2 N–H and O–H groups in total. The van der Waals surface area contributed by atoms with Crippen LogP contribution in [-0.2, 0) is 19.6 Å². The lowest BCUT2D eigenvalue weighted by Crippen LogP contribution is -2.55. The van der Waals surface area contributed by atoms with Gasteiger partial charge in [-0.1, -0.05) is 6.42 Å². The van der Waals surface area contributed by atoms with Gasteiger partial charge in [-0.05, 0) is 38.5 Å². The van der Waals surface area contributed by atoms with Crippen molar-refractivity contribution in [2.24, 2.45) is 10.9 Å². The molecule has 0 aromatic heterocycles. The summed E-state index contributed by atoms with van der Waals surface area (Å²) in [4.78, 5) is 21.0. The van der Waals surface area contributed by atoms with Crippen molar-refractivity contribution in [3.63, 3.8) is 0 Å². The SMILES string of the molecule is CCNC(=NCCS(=O)(=O)NCC1CCC1)N1CCN(C(=O)C2CCCO2)CC1.I. The van der Waals surface area contributed by atoms with E-state index in [4.69, 9.17) is 4.74 Å². The van der Waals surface area contributed by atoms with E-state index in [0.717, 1.165) is 25.7 Å². The van der Waals surface area contributed by atoms with Crippen LogP contribution in [0.5, 0.6) is 0 Å². The van der Waals surface area contributed by atoms with Crippen molar-refractivity contribution in [3.8, 4) is 0 Å². The fourth-order valence-electron chi connectivity index (χ4n) is 3.83. The molecule has 0 spiro atoms. The molecule has 30 heavy (non-hydrogen) atoms. The third-order valence-electron chi connectivity index (χ3n) is 5.87. The quantitative estimate of drug-likeness (QED) is 0.258. The summed E-state index contributed by atoms with van der Waals surface area (Å²) in [5, 5.41) is 3.24. The van der Waals surface area contributed by atoms with Crippen molar-refractivity contribution in [1.29, 1.82) is 0 Å². The van der Waals surface area contributed by atoms with Crippen LogP contribution >= 0.6 is 24.0 Å². The molecule has 2 saturated heterocycles. The second kappa shape index (κ2) is 12.4. The number of amides is 1. The number of hydrogen-bond acceptors (Lipinski definition) is 5. The number of guanidine groups is 1. The molecule has 3 aliphatic rings. The molecule has 2 aliphatic heterocycles. The minimum Gasteiger partial charge on any atom is -0.368 e. The van der Waals surface area contributed by atoms with Gasteiger partial charge in [-0.25, -0.2) is 13.1 Å². The van der Waals surface area contributed by atoms with Gasteiger partial charge in [0.1, 0.15) is 6.10 Å².